The molecular weight excluding hydrogens is 484 g/mol. The Bertz CT molecular complexity index is 1490. The number of hydrogen-bond donors (Lipinski definition) is 3. The van der Waals surface area contributed by atoms with E-state index in [9.17, 15) is 23.1 Å². The van der Waals surface area contributed by atoms with Crippen LogP contribution in [0.5, 0.6) is 5.75 Å². The molecule has 14 heteroatoms. The zero-order chi connectivity index (χ0) is 24.2. The van der Waals surface area contributed by atoms with Gasteiger partial charge in [-0.05, 0) is 30.7 Å². The normalized spacial score (nSPS) is 17.4. The average molecular weight is 503 g/mol. The van der Waals surface area contributed by atoms with E-state index in [1.165, 1.54) is 24.3 Å². The number of primary amides is 1. The van der Waals surface area contributed by atoms with Crippen molar-refractivity contribution in [1.82, 2.24) is 4.98 Å². The van der Waals surface area contributed by atoms with Gasteiger partial charge in [0.15, 0.2) is 5.78 Å². The minimum absolute atomic E-state index is 0.0467. The molecule has 3 heterocycles. The molecule has 0 aliphatic carbocycles. The Hall–Kier alpha value is -3.46. The van der Waals surface area contributed by atoms with E-state index in [0.717, 1.165) is 11.3 Å². The van der Waals surface area contributed by atoms with Crippen LogP contribution < -0.4 is 15.8 Å². The molecular formula is C20H18N6O6S2. The van der Waals surface area contributed by atoms with E-state index in [1.54, 1.807) is 4.90 Å². The van der Waals surface area contributed by atoms with Gasteiger partial charge in [0.05, 0.1) is 39.5 Å². The van der Waals surface area contributed by atoms with Gasteiger partial charge in [0.25, 0.3) is 5.91 Å². The summed E-state index contributed by atoms with van der Waals surface area (Å²) >= 11 is 1.10. The summed E-state index contributed by atoms with van der Waals surface area (Å²) in [4.78, 5) is 30.2. The van der Waals surface area contributed by atoms with Crippen LogP contribution in [0.4, 0.5) is 16.5 Å². The maximum absolute atomic E-state index is 12.3. The molecule has 1 atom stereocenters. The highest BCUT2D eigenvalue weighted by Gasteiger charge is 2.35. The third-order valence-corrected chi connectivity index (χ3v) is 7.34. The fraction of sp³-hybridized carbons (Fsp3) is 0.250. The summed E-state index contributed by atoms with van der Waals surface area (Å²) < 4.78 is 28.8. The zero-order valence-electron chi connectivity index (χ0n) is 17.5. The Morgan fingerprint density at radius 1 is 1.29 bits per heavy atom. The molecule has 1 aromatic heterocycles. The van der Waals surface area contributed by atoms with E-state index in [0.29, 0.717) is 41.0 Å². The Labute approximate surface area is 196 Å². The van der Waals surface area contributed by atoms with Gasteiger partial charge in [-0.1, -0.05) is 11.3 Å². The number of sulfonamides is 1. The number of ketones is 1. The molecule has 2 aliphatic heterocycles. The van der Waals surface area contributed by atoms with Gasteiger partial charge < -0.3 is 20.5 Å². The van der Waals surface area contributed by atoms with Crippen molar-refractivity contribution in [3.63, 3.8) is 0 Å². The Morgan fingerprint density at radius 3 is 2.74 bits per heavy atom. The number of aromatic hydroxyl groups is 1. The smallest absolute Gasteiger partial charge is 0.252 e. The first-order chi connectivity index (χ1) is 16.1. The number of benzene rings is 2. The molecule has 1 fully saturated rings. The predicted molar refractivity (Wildman–Crippen MR) is 122 cm³/mol. The number of nitrogens with two attached hydrogens (primary N) is 2. The van der Waals surface area contributed by atoms with Gasteiger partial charge in [-0.3, -0.25) is 9.59 Å². The summed E-state index contributed by atoms with van der Waals surface area (Å²) in [5.41, 5.74) is 7.01. The lowest BCUT2D eigenvalue weighted by atomic mass is 10.0. The number of rotatable bonds is 7. The number of ether oxygens (including phenoxy) is 1. The summed E-state index contributed by atoms with van der Waals surface area (Å²) in [7, 11) is -3.87. The molecule has 1 unspecified atom stereocenters. The third kappa shape index (κ3) is 4.11. The lowest BCUT2D eigenvalue weighted by Crippen LogP contribution is -2.30. The minimum atomic E-state index is -3.87. The standard InChI is InChI=1S/C20H18N6O6S2/c21-19(29)11-6-13(17-10(18(11)28)3-4-26(17)7-14(27)15-8-32-15)24-25-20-23-12-2-1-9(34(22,30)31)5-16(12)33-20/h1-2,5-6,15,28H,3-4,7-8H2,(H2,21,29)(H2,22,30,31)/b25-24+. The summed E-state index contributed by atoms with van der Waals surface area (Å²) in [6, 6.07) is 5.59. The van der Waals surface area contributed by atoms with Crippen molar-refractivity contribution in [1.29, 1.82) is 0 Å². The number of anilines is 1. The van der Waals surface area contributed by atoms with Crippen molar-refractivity contribution in [2.45, 2.75) is 17.4 Å². The van der Waals surface area contributed by atoms with Crippen molar-refractivity contribution >= 4 is 59.8 Å². The van der Waals surface area contributed by atoms with Crippen LogP contribution in [0.2, 0.25) is 0 Å². The Kier molecular flexibility index (Phi) is 5.31. The SMILES string of the molecule is NC(=O)c1cc(/N=N/c2nc3ccc(S(N)(=O)=O)cc3s2)c2c(c1O)CCN2CC(=O)C1CO1. The average Bonchev–Trinajstić information content (AvgIpc) is 3.42. The largest absolute Gasteiger partial charge is 0.507 e. The highest BCUT2D eigenvalue weighted by atomic mass is 32.2. The number of phenols is 1. The topological polar surface area (TPSA) is 194 Å². The van der Waals surface area contributed by atoms with E-state index in [4.69, 9.17) is 15.6 Å². The van der Waals surface area contributed by atoms with Crippen LogP contribution in [0.3, 0.4) is 0 Å². The molecule has 0 radical (unpaired) electrons. The highest BCUT2D eigenvalue weighted by molar-refractivity contribution is 7.89. The minimum Gasteiger partial charge on any atom is -0.507 e. The van der Waals surface area contributed by atoms with Gasteiger partial charge in [0.2, 0.25) is 15.2 Å². The summed E-state index contributed by atoms with van der Waals surface area (Å²) in [6.07, 6.45) is -0.0289. The van der Waals surface area contributed by atoms with Crippen LogP contribution in [0.1, 0.15) is 15.9 Å². The number of primary sulfonamides is 1. The number of thiazole rings is 1. The number of azo groups is 1. The fourth-order valence-corrected chi connectivity index (χ4v) is 5.25. The van der Waals surface area contributed by atoms with E-state index >= 15 is 0 Å². The summed E-state index contributed by atoms with van der Waals surface area (Å²) in [5, 5.41) is 24.4. The first-order valence-electron chi connectivity index (χ1n) is 10.0. The van der Waals surface area contributed by atoms with Crippen LogP contribution in [0.25, 0.3) is 10.2 Å². The first kappa shape index (κ1) is 22.3. The number of carbonyl (C=O) groups excluding carboxylic acids is 2. The quantitative estimate of drug-likeness (QED) is 0.319. The second-order valence-electron chi connectivity index (χ2n) is 7.81. The van der Waals surface area contributed by atoms with Crippen molar-refractivity contribution in [3.05, 3.63) is 35.4 Å². The fourth-order valence-electron chi connectivity index (χ4n) is 3.81. The first-order valence-corrected chi connectivity index (χ1v) is 12.4. The molecule has 0 saturated carbocycles. The summed E-state index contributed by atoms with van der Waals surface area (Å²) in [6.45, 7) is 0.888. The van der Waals surface area contributed by atoms with Crippen LogP contribution in [0, 0.1) is 0 Å². The monoisotopic (exact) mass is 502 g/mol. The van der Waals surface area contributed by atoms with Crippen LogP contribution in [-0.4, -0.2) is 56.0 Å². The van der Waals surface area contributed by atoms with Crippen LogP contribution >= 0.6 is 11.3 Å². The summed E-state index contributed by atoms with van der Waals surface area (Å²) in [5.74, 6) is -1.16. The van der Waals surface area contributed by atoms with E-state index < -0.39 is 22.0 Å². The molecule has 2 aromatic carbocycles. The van der Waals surface area contributed by atoms with E-state index in [-0.39, 0.29) is 39.4 Å². The number of nitrogens with zero attached hydrogens (tertiary/aromatic N) is 4. The Balaban J connectivity index is 1.54. The van der Waals surface area contributed by atoms with Crippen molar-refractivity contribution in [2.75, 3.05) is 24.6 Å². The zero-order valence-corrected chi connectivity index (χ0v) is 19.1. The van der Waals surface area contributed by atoms with Crippen molar-refractivity contribution in [3.8, 4) is 5.75 Å². The van der Waals surface area contributed by atoms with Gasteiger partial charge in [-0.25, -0.2) is 18.5 Å². The molecule has 5 rings (SSSR count). The number of aromatic nitrogens is 1. The number of carbonyl (C=O) groups is 2. The number of amides is 1. The van der Waals surface area contributed by atoms with E-state index in [1.807, 2.05) is 0 Å². The van der Waals surface area contributed by atoms with Crippen LogP contribution in [-0.2, 0) is 26.0 Å². The van der Waals surface area contributed by atoms with Gasteiger partial charge in [-0.15, -0.1) is 10.2 Å². The number of fused-ring (bicyclic) bond motifs is 2. The molecule has 0 spiro atoms. The van der Waals surface area contributed by atoms with Gasteiger partial charge in [0.1, 0.15) is 17.5 Å². The molecule has 5 N–H and O–H groups in total. The maximum Gasteiger partial charge on any atom is 0.252 e. The lowest BCUT2D eigenvalue weighted by molar-refractivity contribution is -0.118. The molecule has 0 bridgehead atoms. The molecule has 1 amide bonds. The second-order valence-corrected chi connectivity index (χ2v) is 10.4. The maximum atomic E-state index is 12.3. The van der Waals surface area contributed by atoms with E-state index in [2.05, 4.69) is 15.2 Å². The lowest BCUT2D eigenvalue weighted by Gasteiger charge is -2.20. The van der Waals surface area contributed by atoms with Gasteiger partial charge in [-0.2, -0.15) is 0 Å². The highest BCUT2D eigenvalue weighted by Crippen LogP contribution is 2.45. The number of epoxide rings is 1. The predicted octanol–water partition coefficient (Wildman–Crippen LogP) is 1.49. The Morgan fingerprint density at radius 2 is 2.06 bits per heavy atom. The molecule has 1 saturated heterocycles. The van der Waals surface area contributed by atoms with Crippen molar-refractivity contribution in [2.24, 2.45) is 21.1 Å². The third-order valence-electron chi connectivity index (χ3n) is 5.52. The van der Waals surface area contributed by atoms with Crippen molar-refractivity contribution < 1.29 is 27.9 Å². The number of Topliss-reactive ketones (excluding diaryl/α,β-unsaturated/α-hetero) is 1. The van der Waals surface area contributed by atoms with Gasteiger partial charge >= 0.3 is 0 Å². The molecule has 34 heavy (non-hydrogen) atoms. The van der Waals surface area contributed by atoms with Crippen LogP contribution in [0.15, 0.2) is 39.4 Å². The molecule has 176 valence electrons. The van der Waals surface area contributed by atoms with Gasteiger partial charge in [0, 0.05) is 12.1 Å². The molecule has 12 nitrogen and oxygen atoms in total. The molecule has 2 aliphatic rings. The number of hydrogen-bond acceptors (Lipinski definition) is 11. The second kappa shape index (κ2) is 8.09. The molecule has 3 aromatic rings.